The average Bonchev–Trinajstić information content (AvgIpc) is 2.84. The van der Waals surface area contributed by atoms with Gasteiger partial charge in [0, 0.05) is 24.7 Å². The lowest BCUT2D eigenvalue weighted by atomic mass is 9.93. The fraction of sp³-hybridized carbons (Fsp3) is 0.545. The Labute approximate surface area is 161 Å². The number of piperidine rings is 1. The maximum Gasteiger partial charge on any atom is 0.227 e. The van der Waals surface area contributed by atoms with Crippen molar-refractivity contribution in [3.8, 4) is 0 Å². The predicted molar refractivity (Wildman–Crippen MR) is 104 cm³/mol. The van der Waals surface area contributed by atoms with Crippen LogP contribution >= 0.6 is 0 Å². The van der Waals surface area contributed by atoms with Crippen LogP contribution in [0.1, 0.15) is 41.8 Å². The first-order valence-corrected chi connectivity index (χ1v) is 10.1. The molecule has 2 aromatic rings. The van der Waals surface area contributed by atoms with E-state index in [2.05, 4.69) is 45.3 Å². The van der Waals surface area contributed by atoms with Crippen molar-refractivity contribution in [1.82, 2.24) is 15.0 Å². The molecule has 3 aliphatic rings. The van der Waals surface area contributed by atoms with Crippen molar-refractivity contribution >= 4 is 5.91 Å². The quantitative estimate of drug-likeness (QED) is 0.786. The standard InChI is InChI=1S/C22H29N3O2/c1-16-21(17(2)27-23-16)15-25-20-11-10-19(22(25)26)13-24(14-20)12-6-9-18-7-4-3-5-8-18/h3-5,7-8,19-20H,6,9-15H2,1-2H3/t19-,20+/m1/s1. The van der Waals surface area contributed by atoms with E-state index in [9.17, 15) is 4.79 Å². The van der Waals surface area contributed by atoms with Gasteiger partial charge < -0.3 is 14.3 Å². The zero-order valence-corrected chi connectivity index (χ0v) is 16.4. The second-order valence-electron chi connectivity index (χ2n) is 8.05. The molecule has 5 nitrogen and oxygen atoms in total. The first kappa shape index (κ1) is 18.2. The highest BCUT2D eigenvalue weighted by Crippen LogP contribution is 2.31. The van der Waals surface area contributed by atoms with Crippen molar-refractivity contribution in [2.24, 2.45) is 5.92 Å². The highest BCUT2D eigenvalue weighted by atomic mass is 16.5. The van der Waals surface area contributed by atoms with E-state index >= 15 is 0 Å². The summed E-state index contributed by atoms with van der Waals surface area (Å²) in [4.78, 5) is 17.7. The van der Waals surface area contributed by atoms with Crippen LogP contribution in [0, 0.1) is 19.8 Å². The number of carbonyl (C=O) groups excluding carboxylic acids is 1. The van der Waals surface area contributed by atoms with Gasteiger partial charge in [0.2, 0.25) is 5.91 Å². The zero-order valence-electron chi connectivity index (χ0n) is 16.4. The van der Waals surface area contributed by atoms with E-state index in [4.69, 9.17) is 4.52 Å². The molecule has 2 atom stereocenters. The molecule has 0 radical (unpaired) electrons. The summed E-state index contributed by atoms with van der Waals surface area (Å²) in [5.41, 5.74) is 3.37. The van der Waals surface area contributed by atoms with Crippen LogP contribution in [-0.4, -0.2) is 46.5 Å². The van der Waals surface area contributed by atoms with Crippen LogP contribution in [0.25, 0.3) is 0 Å². The third-order valence-electron chi connectivity index (χ3n) is 6.16. The van der Waals surface area contributed by atoms with Gasteiger partial charge >= 0.3 is 0 Å². The van der Waals surface area contributed by atoms with Crippen molar-refractivity contribution in [1.29, 1.82) is 0 Å². The molecule has 3 fully saturated rings. The van der Waals surface area contributed by atoms with Crippen LogP contribution in [0.4, 0.5) is 0 Å². The number of benzene rings is 1. The van der Waals surface area contributed by atoms with Gasteiger partial charge in [-0.15, -0.1) is 0 Å². The van der Waals surface area contributed by atoms with Crippen LogP contribution in [-0.2, 0) is 17.8 Å². The van der Waals surface area contributed by atoms with Gasteiger partial charge in [0.15, 0.2) is 0 Å². The van der Waals surface area contributed by atoms with Gasteiger partial charge in [-0.2, -0.15) is 0 Å². The molecule has 2 bridgehead atoms. The van der Waals surface area contributed by atoms with Crippen molar-refractivity contribution in [3.05, 3.63) is 52.9 Å². The van der Waals surface area contributed by atoms with E-state index < -0.39 is 0 Å². The van der Waals surface area contributed by atoms with Crippen LogP contribution < -0.4 is 0 Å². The molecule has 5 rings (SSSR count). The minimum Gasteiger partial charge on any atom is -0.361 e. The van der Waals surface area contributed by atoms with Gasteiger partial charge in [0.25, 0.3) is 0 Å². The molecule has 0 aliphatic carbocycles. The second kappa shape index (κ2) is 7.85. The summed E-state index contributed by atoms with van der Waals surface area (Å²) in [6.45, 7) is 7.49. The van der Waals surface area contributed by atoms with Gasteiger partial charge in [-0.1, -0.05) is 35.5 Å². The molecule has 0 N–H and O–H groups in total. The van der Waals surface area contributed by atoms with Gasteiger partial charge in [-0.3, -0.25) is 4.79 Å². The summed E-state index contributed by atoms with van der Waals surface area (Å²) in [6, 6.07) is 11.0. The van der Waals surface area contributed by atoms with Gasteiger partial charge in [0.05, 0.1) is 18.2 Å². The minimum atomic E-state index is 0.140. The highest BCUT2D eigenvalue weighted by molar-refractivity contribution is 5.80. The predicted octanol–water partition coefficient (Wildman–Crippen LogP) is 3.35. The van der Waals surface area contributed by atoms with Crippen molar-refractivity contribution < 1.29 is 9.32 Å². The molecule has 0 spiro atoms. The summed E-state index contributed by atoms with van der Waals surface area (Å²) >= 11 is 0. The van der Waals surface area contributed by atoms with Crippen molar-refractivity contribution in [2.75, 3.05) is 19.6 Å². The number of aromatic nitrogens is 1. The average molecular weight is 367 g/mol. The molecule has 1 aromatic heterocycles. The molecular weight excluding hydrogens is 338 g/mol. The first-order chi connectivity index (χ1) is 13.1. The SMILES string of the molecule is Cc1noc(C)c1CN1C(=O)[C@@H]2CC[C@H]1CN(CCCc1ccccc1)C2. The Morgan fingerprint density at radius 2 is 1.96 bits per heavy atom. The second-order valence-corrected chi connectivity index (χ2v) is 8.05. The monoisotopic (exact) mass is 367 g/mol. The molecule has 1 amide bonds. The van der Waals surface area contributed by atoms with Gasteiger partial charge in [-0.25, -0.2) is 0 Å². The molecule has 5 heteroatoms. The zero-order chi connectivity index (χ0) is 18.8. The lowest BCUT2D eigenvalue weighted by molar-refractivity contribution is -0.140. The Bertz CT molecular complexity index is 767. The lowest BCUT2D eigenvalue weighted by Gasteiger charge is -2.36. The molecule has 3 saturated heterocycles. The molecule has 27 heavy (non-hydrogen) atoms. The normalized spacial score (nSPS) is 23.0. The highest BCUT2D eigenvalue weighted by Gasteiger charge is 2.40. The summed E-state index contributed by atoms with van der Waals surface area (Å²) in [5.74, 6) is 1.29. The van der Waals surface area contributed by atoms with Crippen molar-refractivity contribution in [2.45, 2.75) is 52.1 Å². The lowest BCUT2D eigenvalue weighted by Crippen LogP contribution is -2.47. The molecule has 4 heterocycles. The van der Waals surface area contributed by atoms with Crippen LogP contribution in [0.5, 0.6) is 0 Å². The number of carbonyl (C=O) groups is 1. The molecule has 1 aromatic carbocycles. The van der Waals surface area contributed by atoms with Crippen LogP contribution in [0.3, 0.4) is 0 Å². The molecular formula is C22H29N3O2. The molecule has 0 saturated carbocycles. The van der Waals surface area contributed by atoms with E-state index in [1.165, 1.54) is 5.56 Å². The Balaban J connectivity index is 1.39. The van der Waals surface area contributed by atoms with E-state index in [0.29, 0.717) is 18.5 Å². The Morgan fingerprint density at radius 3 is 2.70 bits per heavy atom. The summed E-state index contributed by atoms with van der Waals surface area (Å²) in [5, 5.41) is 4.05. The maximum absolute atomic E-state index is 13.0. The number of hydrogen-bond donors (Lipinski definition) is 0. The first-order valence-electron chi connectivity index (χ1n) is 10.1. The van der Waals surface area contributed by atoms with E-state index in [0.717, 1.165) is 62.3 Å². The number of fused-ring (bicyclic) bond motifs is 4. The van der Waals surface area contributed by atoms with E-state index in [1.807, 2.05) is 13.8 Å². The number of rotatable bonds is 6. The molecule has 0 unspecified atom stereocenters. The number of hydrogen-bond acceptors (Lipinski definition) is 4. The summed E-state index contributed by atoms with van der Waals surface area (Å²) in [6.07, 6.45) is 4.37. The molecule has 144 valence electrons. The Kier molecular flexibility index (Phi) is 5.30. The van der Waals surface area contributed by atoms with Crippen LogP contribution in [0.15, 0.2) is 34.9 Å². The topological polar surface area (TPSA) is 49.6 Å². The summed E-state index contributed by atoms with van der Waals surface area (Å²) in [7, 11) is 0. The largest absolute Gasteiger partial charge is 0.361 e. The van der Waals surface area contributed by atoms with E-state index in [-0.39, 0.29) is 5.92 Å². The van der Waals surface area contributed by atoms with Gasteiger partial charge in [0.1, 0.15) is 5.76 Å². The minimum absolute atomic E-state index is 0.140. The maximum atomic E-state index is 13.0. The Hall–Kier alpha value is -2.14. The Morgan fingerprint density at radius 1 is 1.15 bits per heavy atom. The fourth-order valence-electron chi connectivity index (χ4n) is 4.57. The number of aryl methyl sites for hydroxylation is 3. The van der Waals surface area contributed by atoms with Crippen molar-refractivity contribution in [3.63, 3.8) is 0 Å². The number of nitrogens with zero attached hydrogens (tertiary/aromatic N) is 3. The smallest absolute Gasteiger partial charge is 0.227 e. The van der Waals surface area contributed by atoms with Gasteiger partial charge in [-0.05, 0) is 51.6 Å². The third-order valence-corrected chi connectivity index (χ3v) is 6.16. The fourth-order valence-corrected chi connectivity index (χ4v) is 4.57. The number of amides is 1. The summed E-state index contributed by atoms with van der Waals surface area (Å²) < 4.78 is 5.30. The molecule has 3 aliphatic heterocycles. The van der Waals surface area contributed by atoms with E-state index in [1.54, 1.807) is 0 Å². The van der Waals surface area contributed by atoms with Crippen LogP contribution in [0.2, 0.25) is 0 Å². The third kappa shape index (κ3) is 3.93.